The molecule has 0 fully saturated rings. The summed E-state index contributed by atoms with van der Waals surface area (Å²) in [6.07, 6.45) is 0. The van der Waals surface area contributed by atoms with Gasteiger partial charge in [0.15, 0.2) is 6.07 Å². The molecule has 0 unspecified atom stereocenters. The molecule has 0 N–H and O–H groups in total. The minimum atomic E-state index is 0.130. The molecule has 2 nitrogen and oxygen atoms in total. The van der Waals surface area contributed by atoms with Crippen LogP contribution in [-0.4, -0.2) is 11.1 Å². The first-order chi connectivity index (χ1) is 6.40. The number of rotatable bonds is 2. The van der Waals surface area contributed by atoms with Crippen molar-refractivity contribution in [2.24, 2.45) is 0 Å². The summed E-state index contributed by atoms with van der Waals surface area (Å²) in [5, 5.41) is 1.10. The Morgan fingerprint density at radius 2 is 2.00 bits per heavy atom. The minimum Gasteiger partial charge on any atom is -0.461 e. The van der Waals surface area contributed by atoms with E-state index in [4.69, 9.17) is 16.3 Å². The second-order valence-corrected chi connectivity index (χ2v) is 2.81. The number of para-hydroxylation sites is 1. The second-order valence-electron chi connectivity index (χ2n) is 2.60. The van der Waals surface area contributed by atoms with E-state index in [2.05, 4.69) is 4.98 Å². The molecule has 1 aromatic carbocycles. The number of fused-ring (bicyclic) bond motifs is 1. The fourth-order valence-electron chi connectivity index (χ4n) is 1.18. The third-order valence-corrected chi connectivity index (χ3v) is 1.88. The van der Waals surface area contributed by atoms with Gasteiger partial charge in [-0.25, -0.2) is 4.98 Å². The Labute approximate surface area is 81.1 Å². The van der Waals surface area contributed by atoms with Crippen molar-refractivity contribution < 1.29 is 4.74 Å². The zero-order valence-corrected chi connectivity index (χ0v) is 7.66. The average Bonchev–Trinajstić information content (AvgIpc) is 2.18. The molecule has 0 amide bonds. The summed E-state index contributed by atoms with van der Waals surface area (Å²) in [5.74, 6) is 0.564. The van der Waals surface area contributed by atoms with E-state index in [1.54, 1.807) is 0 Å². The number of pyridine rings is 1. The SMILES string of the molecule is ClCOc1ccc2ccccc2n1. The van der Waals surface area contributed by atoms with Crippen LogP contribution >= 0.6 is 11.6 Å². The van der Waals surface area contributed by atoms with Crippen LogP contribution in [0.4, 0.5) is 0 Å². The summed E-state index contributed by atoms with van der Waals surface area (Å²) in [4.78, 5) is 4.26. The van der Waals surface area contributed by atoms with E-state index in [9.17, 15) is 0 Å². The van der Waals surface area contributed by atoms with E-state index in [1.807, 2.05) is 36.4 Å². The highest BCUT2D eigenvalue weighted by atomic mass is 35.5. The highest BCUT2D eigenvalue weighted by Gasteiger charge is 1.96. The predicted octanol–water partition coefficient (Wildman–Crippen LogP) is 2.81. The molecular weight excluding hydrogens is 186 g/mol. The van der Waals surface area contributed by atoms with Crippen molar-refractivity contribution in [1.82, 2.24) is 4.98 Å². The number of aromatic nitrogens is 1. The summed E-state index contributed by atoms with van der Waals surface area (Å²) in [5.41, 5.74) is 0.921. The lowest BCUT2D eigenvalue weighted by Crippen LogP contribution is -1.91. The smallest absolute Gasteiger partial charge is 0.215 e. The molecule has 66 valence electrons. The van der Waals surface area contributed by atoms with Gasteiger partial charge in [0, 0.05) is 11.5 Å². The molecule has 2 aromatic rings. The summed E-state index contributed by atoms with van der Waals surface area (Å²) < 4.78 is 5.07. The summed E-state index contributed by atoms with van der Waals surface area (Å²) in [6.45, 7) is 0. The van der Waals surface area contributed by atoms with Crippen LogP contribution in [0.1, 0.15) is 0 Å². The Bertz CT molecular complexity index is 416. The Morgan fingerprint density at radius 3 is 2.85 bits per heavy atom. The molecule has 0 aliphatic heterocycles. The van der Waals surface area contributed by atoms with Crippen LogP contribution in [0.5, 0.6) is 5.88 Å². The molecule has 13 heavy (non-hydrogen) atoms. The van der Waals surface area contributed by atoms with Crippen LogP contribution < -0.4 is 4.74 Å². The normalized spacial score (nSPS) is 10.2. The monoisotopic (exact) mass is 193 g/mol. The fraction of sp³-hybridized carbons (Fsp3) is 0.100. The first-order valence-corrected chi connectivity index (χ1v) is 4.48. The Balaban J connectivity index is 2.49. The van der Waals surface area contributed by atoms with Gasteiger partial charge in [0.25, 0.3) is 0 Å². The van der Waals surface area contributed by atoms with Crippen LogP contribution in [0.2, 0.25) is 0 Å². The van der Waals surface area contributed by atoms with Gasteiger partial charge in [-0.15, -0.1) is 0 Å². The number of benzene rings is 1. The van der Waals surface area contributed by atoms with Crippen LogP contribution in [0, 0.1) is 0 Å². The van der Waals surface area contributed by atoms with Gasteiger partial charge in [-0.1, -0.05) is 29.8 Å². The topological polar surface area (TPSA) is 22.1 Å². The van der Waals surface area contributed by atoms with Gasteiger partial charge < -0.3 is 4.74 Å². The minimum absolute atomic E-state index is 0.130. The lowest BCUT2D eigenvalue weighted by molar-refractivity contribution is 0.374. The van der Waals surface area contributed by atoms with Crippen molar-refractivity contribution in [3.8, 4) is 5.88 Å². The quantitative estimate of drug-likeness (QED) is 0.685. The Hall–Kier alpha value is -1.28. The molecule has 1 heterocycles. The lowest BCUT2D eigenvalue weighted by Gasteiger charge is -2.01. The van der Waals surface area contributed by atoms with Gasteiger partial charge in [0.05, 0.1) is 5.52 Å². The Morgan fingerprint density at radius 1 is 1.15 bits per heavy atom. The molecule has 0 saturated heterocycles. The van der Waals surface area contributed by atoms with Crippen LogP contribution in [0.15, 0.2) is 36.4 Å². The van der Waals surface area contributed by atoms with Gasteiger partial charge in [-0.2, -0.15) is 0 Å². The maximum Gasteiger partial charge on any atom is 0.215 e. The number of ether oxygens (including phenoxy) is 1. The van der Waals surface area contributed by atoms with Crippen molar-refractivity contribution in [1.29, 1.82) is 0 Å². The fourth-order valence-corrected chi connectivity index (χ4v) is 1.30. The molecule has 2 rings (SSSR count). The van der Waals surface area contributed by atoms with Gasteiger partial charge in [-0.05, 0) is 12.1 Å². The molecule has 0 atom stereocenters. The molecule has 0 bridgehead atoms. The molecular formula is C10H8ClNO. The van der Waals surface area contributed by atoms with Gasteiger partial charge in [-0.3, -0.25) is 0 Å². The molecule has 0 aliphatic rings. The maximum absolute atomic E-state index is 5.43. The molecule has 3 heteroatoms. The van der Waals surface area contributed by atoms with E-state index in [1.165, 1.54) is 0 Å². The van der Waals surface area contributed by atoms with Gasteiger partial charge >= 0.3 is 0 Å². The van der Waals surface area contributed by atoms with Crippen molar-refractivity contribution in [3.63, 3.8) is 0 Å². The second kappa shape index (κ2) is 3.62. The third kappa shape index (κ3) is 1.73. The molecule has 1 aromatic heterocycles. The first kappa shape index (κ1) is 8.32. The van der Waals surface area contributed by atoms with Crippen LogP contribution in [-0.2, 0) is 0 Å². The molecule has 0 radical (unpaired) electrons. The number of nitrogens with zero attached hydrogens (tertiary/aromatic N) is 1. The maximum atomic E-state index is 5.43. The molecule has 0 saturated carbocycles. The third-order valence-electron chi connectivity index (χ3n) is 1.78. The Kier molecular flexibility index (Phi) is 2.32. The van der Waals surface area contributed by atoms with E-state index >= 15 is 0 Å². The summed E-state index contributed by atoms with van der Waals surface area (Å²) in [6, 6.07) is 11.8. The average molecular weight is 194 g/mol. The van der Waals surface area contributed by atoms with Gasteiger partial charge in [0.1, 0.15) is 0 Å². The number of hydrogen-bond acceptors (Lipinski definition) is 2. The van der Waals surface area contributed by atoms with E-state index in [-0.39, 0.29) is 6.07 Å². The van der Waals surface area contributed by atoms with E-state index in [0.29, 0.717) is 5.88 Å². The summed E-state index contributed by atoms with van der Waals surface area (Å²) >= 11 is 5.43. The standard InChI is InChI=1S/C10H8ClNO/c11-7-13-10-6-5-8-3-1-2-4-9(8)12-10/h1-6H,7H2. The first-order valence-electron chi connectivity index (χ1n) is 3.95. The van der Waals surface area contributed by atoms with Crippen LogP contribution in [0.3, 0.4) is 0 Å². The number of halogens is 1. The predicted molar refractivity (Wildman–Crippen MR) is 53.1 cm³/mol. The molecule has 0 spiro atoms. The number of alkyl halides is 1. The van der Waals surface area contributed by atoms with Crippen molar-refractivity contribution in [3.05, 3.63) is 36.4 Å². The van der Waals surface area contributed by atoms with Crippen molar-refractivity contribution in [2.45, 2.75) is 0 Å². The number of hydrogen-bond donors (Lipinski definition) is 0. The van der Waals surface area contributed by atoms with Crippen molar-refractivity contribution in [2.75, 3.05) is 6.07 Å². The van der Waals surface area contributed by atoms with Crippen molar-refractivity contribution >= 4 is 22.5 Å². The van der Waals surface area contributed by atoms with E-state index in [0.717, 1.165) is 10.9 Å². The van der Waals surface area contributed by atoms with E-state index < -0.39 is 0 Å². The van der Waals surface area contributed by atoms with Crippen LogP contribution in [0.25, 0.3) is 10.9 Å². The van der Waals surface area contributed by atoms with Gasteiger partial charge in [0.2, 0.25) is 5.88 Å². The zero-order chi connectivity index (χ0) is 9.10. The highest BCUT2D eigenvalue weighted by molar-refractivity contribution is 6.17. The largest absolute Gasteiger partial charge is 0.461 e. The summed E-state index contributed by atoms with van der Waals surface area (Å²) in [7, 11) is 0. The zero-order valence-electron chi connectivity index (χ0n) is 6.90. The molecule has 0 aliphatic carbocycles. The highest BCUT2D eigenvalue weighted by Crippen LogP contribution is 2.15. The lowest BCUT2D eigenvalue weighted by atomic mass is 10.2.